The van der Waals surface area contributed by atoms with Gasteiger partial charge in [0.05, 0.1) is 16.7 Å². The first kappa shape index (κ1) is 32.2. The number of fused-ring (bicyclic) bond motifs is 3. The SMILES string of the molecule is c1ccc(-c2ccc(-c3nc(-c4ccc(-c5ccccc5)c(-n5c6ccccc6c6ccccc65)c4)nc(-c4ccccc4-c4ccccc4)n3)cc2)cc1. The van der Waals surface area contributed by atoms with Gasteiger partial charge in [-0.2, -0.15) is 0 Å². The van der Waals surface area contributed by atoms with Crippen LogP contribution in [0.5, 0.6) is 0 Å². The first-order valence-electron chi connectivity index (χ1n) is 18.5. The Labute approximate surface area is 319 Å². The average Bonchev–Trinajstić information content (AvgIpc) is 3.61. The standard InChI is InChI=1S/C51H34N4/c1-4-16-35(17-5-1)36-28-30-39(31-29-36)49-52-50(54-51(53-49)45-25-11-10-22-41(45)37-18-6-2-7-19-37)40-32-33-42(38-20-8-3-9-21-38)48(34-40)55-46-26-14-12-23-43(46)44-24-13-15-27-47(44)55/h1-34H. The molecule has 2 aromatic heterocycles. The maximum Gasteiger partial charge on any atom is 0.164 e. The highest BCUT2D eigenvalue weighted by molar-refractivity contribution is 6.09. The number of hydrogen-bond acceptors (Lipinski definition) is 3. The van der Waals surface area contributed by atoms with Crippen molar-refractivity contribution >= 4 is 21.8 Å². The van der Waals surface area contributed by atoms with Crippen molar-refractivity contribution in [2.24, 2.45) is 0 Å². The number of nitrogens with zero attached hydrogens (tertiary/aromatic N) is 4. The molecule has 0 N–H and O–H groups in total. The first-order valence-corrected chi connectivity index (χ1v) is 18.5. The van der Waals surface area contributed by atoms with Gasteiger partial charge in [0.1, 0.15) is 0 Å². The summed E-state index contributed by atoms with van der Waals surface area (Å²) in [7, 11) is 0. The van der Waals surface area contributed by atoms with Crippen LogP contribution in [0.4, 0.5) is 0 Å². The Hall–Kier alpha value is -7.43. The van der Waals surface area contributed by atoms with Gasteiger partial charge in [0.25, 0.3) is 0 Å². The molecule has 258 valence electrons. The predicted molar refractivity (Wildman–Crippen MR) is 227 cm³/mol. The summed E-state index contributed by atoms with van der Waals surface area (Å²) in [6.45, 7) is 0. The van der Waals surface area contributed by atoms with Crippen LogP contribution in [-0.2, 0) is 0 Å². The Morgan fingerprint density at radius 2 is 0.691 bits per heavy atom. The van der Waals surface area contributed by atoms with Crippen LogP contribution in [0.2, 0.25) is 0 Å². The van der Waals surface area contributed by atoms with Gasteiger partial charge in [0.15, 0.2) is 17.5 Å². The van der Waals surface area contributed by atoms with Gasteiger partial charge in [0.2, 0.25) is 0 Å². The molecule has 0 aliphatic heterocycles. The molecule has 0 atom stereocenters. The van der Waals surface area contributed by atoms with Crippen molar-refractivity contribution in [2.75, 3.05) is 0 Å². The lowest BCUT2D eigenvalue weighted by molar-refractivity contribution is 1.07. The summed E-state index contributed by atoms with van der Waals surface area (Å²) < 4.78 is 2.38. The topological polar surface area (TPSA) is 43.6 Å². The van der Waals surface area contributed by atoms with Crippen molar-refractivity contribution in [1.29, 1.82) is 0 Å². The first-order chi connectivity index (χ1) is 27.3. The summed E-state index contributed by atoms with van der Waals surface area (Å²) >= 11 is 0. The molecule has 0 saturated heterocycles. The van der Waals surface area contributed by atoms with Gasteiger partial charge >= 0.3 is 0 Å². The Morgan fingerprint density at radius 1 is 0.273 bits per heavy atom. The molecule has 0 saturated carbocycles. The monoisotopic (exact) mass is 702 g/mol. The van der Waals surface area contributed by atoms with Crippen LogP contribution in [0.15, 0.2) is 206 Å². The number of para-hydroxylation sites is 2. The van der Waals surface area contributed by atoms with Gasteiger partial charge < -0.3 is 4.57 Å². The lowest BCUT2D eigenvalue weighted by atomic mass is 9.98. The fourth-order valence-electron chi connectivity index (χ4n) is 7.64. The van der Waals surface area contributed by atoms with E-state index in [1.165, 1.54) is 16.3 Å². The third-order valence-corrected chi connectivity index (χ3v) is 10.3. The lowest BCUT2D eigenvalue weighted by Crippen LogP contribution is -2.03. The molecule has 0 unspecified atom stereocenters. The highest BCUT2D eigenvalue weighted by Crippen LogP contribution is 2.39. The van der Waals surface area contributed by atoms with Crippen molar-refractivity contribution < 1.29 is 0 Å². The minimum absolute atomic E-state index is 0.608. The van der Waals surface area contributed by atoms with E-state index < -0.39 is 0 Å². The Bertz CT molecular complexity index is 2900. The van der Waals surface area contributed by atoms with Crippen LogP contribution in [0.1, 0.15) is 0 Å². The van der Waals surface area contributed by atoms with E-state index in [9.17, 15) is 0 Å². The average molecular weight is 703 g/mol. The predicted octanol–water partition coefficient (Wildman–Crippen LogP) is 13.0. The fraction of sp³-hybridized carbons (Fsp3) is 0. The molecule has 10 rings (SSSR count). The molecule has 55 heavy (non-hydrogen) atoms. The van der Waals surface area contributed by atoms with Crippen LogP contribution in [0.25, 0.3) is 95.0 Å². The summed E-state index contributed by atoms with van der Waals surface area (Å²) in [4.78, 5) is 15.7. The lowest BCUT2D eigenvalue weighted by Gasteiger charge is -2.16. The van der Waals surface area contributed by atoms with Gasteiger partial charge in [-0.1, -0.05) is 188 Å². The summed E-state index contributed by atoms with van der Waals surface area (Å²) in [5, 5.41) is 2.42. The highest BCUT2D eigenvalue weighted by atomic mass is 15.0. The zero-order valence-electron chi connectivity index (χ0n) is 29.9. The molecule has 0 aliphatic carbocycles. The van der Waals surface area contributed by atoms with Crippen LogP contribution < -0.4 is 0 Å². The maximum absolute atomic E-state index is 5.27. The quantitative estimate of drug-likeness (QED) is 0.166. The molecular weight excluding hydrogens is 669 g/mol. The van der Waals surface area contributed by atoms with E-state index in [0.29, 0.717) is 17.5 Å². The van der Waals surface area contributed by atoms with Gasteiger partial charge in [-0.3, -0.25) is 0 Å². The van der Waals surface area contributed by atoms with Crippen molar-refractivity contribution in [2.45, 2.75) is 0 Å². The summed E-state index contributed by atoms with van der Waals surface area (Å²) in [5.74, 6) is 1.85. The third kappa shape index (κ3) is 5.96. The zero-order valence-corrected chi connectivity index (χ0v) is 29.9. The summed E-state index contributed by atoms with van der Waals surface area (Å²) in [6.07, 6.45) is 0. The van der Waals surface area contributed by atoms with E-state index in [-0.39, 0.29) is 0 Å². The normalized spacial score (nSPS) is 11.3. The minimum Gasteiger partial charge on any atom is -0.309 e. The van der Waals surface area contributed by atoms with Crippen molar-refractivity contribution in [1.82, 2.24) is 19.5 Å². The van der Waals surface area contributed by atoms with E-state index >= 15 is 0 Å². The van der Waals surface area contributed by atoms with E-state index in [0.717, 1.165) is 61.2 Å². The Balaban J connectivity index is 1.21. The van der Waals surface area contributed by atoms with Crippen molar-refractivity contribution in [3.63, 3.8) is 0 Å². The molecule has 0 radical (unpaired) electrons. The molecular formula is C51H34N4. The van der Waals surface area contributed by atoms with Crippen LogP contribution in [0, 0.1) is 0 Å². The molecule has 0 amide bonds. The zero-order chi connectivity index (χ0) is 36.6. The van der Waals surface area contributed by atoms with Crippen LogP contribution >= 0.6 is 0 Å². The van der Waals surface area contributed by atoms with Crippen LogP contribution in [0.3, 0.4) is 0 Å². The van der Waals surface area contributed by atoms with Gasteiger partial charge in [0, 0.05) is 33.0 Å². The molecule has 0 aliphatic rings. The smallest absolute Gasteiger partial charge is 0.164 e. The largest absolute Gasteiger partial charge is 0.309 e. The molecule has 8 aromatic carbocycles. The van der Waals surface area contributed by atoms with Gasteiger partial charge in [-0.15, -0.1) is 0 Å². The number of hydrogen-bond donors (Lipinski definition) is 0. The van der Waals surface area contributed by atoms with Crippen LogP contribution in [-0.4, -0.2) is 19.5 Å². The summed E-state index contributed by atoms with van der Waals surface area (Å²) in [5.41, 5.74) is 12.9. The van der Waals surface area contributed by atoms with E-state index in [1.54, 1.807) is 0 Å². The molecule has 4 heteroatoms. The molecule has 4 nitrogen and oxygen atoms in total. The summed E-state index contributed by atoms with van der Waals surface area (Å²) in [6, 6.07) is 72.2. The van der Waals surface area contributed by atoms with E-state index in [2.05, 4.69) is 199 Å². The third-order valence-electron chi connectivity index (χ3n) is 10.3. The van der Waals surface area contributed by atoms with Gasteiger partial charge in [-0.05, 0) is 46.0 Å². The second-order valence-electron chi connectivity index (χ2n) is 13.6. The molecule has 0 spiro atoms. The number of benzene rings is 8. The fourth-order valence-corrected chi connectivity index (χ4v) is 7.64. The Kier molecular flexibility index (Phi) is 8.12. The number of rotatable bonds is 7. The van der Waals surface area contributed by atoms with Crippen molar-refractivity contribution in [3.8, 4) is 73.2 Å². The Morgan fingerprint density at radius 3 is 1.31 bits per heavy atom. The molecule has 0 bridgehead atoms. The van der Waals surface area contributed by atoms with E-state index in [4.69, 9.17) is 15.0 Å². The maximum atomic E-state index is 5.27. The minimum atomic E-state index is 0.608. The second kappa shape index (κ2) is 13.8. The molecule has 0 fully saturated rings. The van der Waals surface area contributed by atoms with Gasteiger partial charge in [-0.25, -0.2) is 15.0 Å². The molecule has 2 heterocycles. The van der Waals surface area contributed by atoms with E-state index in [1.807, 2.05) is 12.1 Å². The second-order valence-corrected chi connectivity index (χ2v) is 13.6. The molecule has 10 aromatic rings. The number of aromatic nitrogens is 4. The van der Waals surface area contributed by atoms with Crippen molar-refractivity contribution in [3.05, 3.63) is 206 Å². The highest BCUT2D eigenvalue weighted by Gasteiger charge is 2.20.